The predicted octanol–water partition coefficient (Wildman–Crippen LogP) is 3.60. The number of benzene rings is 3. The Bertz CT molecular complexity index is 1370. The molecule has 3 aromatic carbocycles. The van der Waals surface area contributed by atoms with Crippen LogP contribution >= 0.6 is 0 Å². The molecule has 2 amide bonds. The molecule has 38 heavy (non-hydrogen) atoms. The van der Waals surface area contributed by atoms with Crippen molar-refractivity contribution >= 4 is 29.4 Å². The number of ether oxygens (including phenoxy) is 4. The number of methoxy groups -OCH3 is 3. The first-order valence-electron chi connectivity index (χ1n) is 11.2. The third-order valence-corrected chi connectivity index (χ3v) is 5.31. The van der Waals surface area contributed by atoms with Gasteiger partial charge in [0.25, 0.3) is 5.69 Å². The molecule has 0 aliphatic rings. The maximum Gasteiger partial charge on any atom is 0.329 e. The number of hydrogen-bond acceptors (Lipinski definition) is 9. The van der Waals surface area contributed by atoms with Gasteiger partial charge in [-0.2, -0.15) is 5.10 Å². The van der Waals surface area contributed by atoms with E-state index in [0.29, 0.717) is 45.4 Å². The van der Waals surface area contributed by atoms with Crippen LogP contribution in [0.3, 0.4) is 0 Å². The van der Waals surface area contributed by atoms with Crippen LogP contribution in [0.25, 0.3) is 0 Å². The average molecular weight is 523 g/mol. The minimum absolute atomic E-state index is 0.00649. The summed E-state index contributed by atoms with van der Waals surface area (Å²) in [5.74, 6) is -0.0527. The minimum Gasteiger partial charge on any atom is -0.497 e. The van der Waals surface area contributed by atoms with Crippen molar-refractivity contribution in [2.24, 2.45) is 5.10 Å². The van der Waals surface area contributed by atoms with Gasteiger partial charge in [0.2, 0.25) is 0 Å². The van der Waals surface area contributed by atoms with E-state index in [0.717, 1.165) is 0 Å². The van der Waals surface area contributed by atoms with Crippen molar-refractivity contribution in [3.05, 3.63) is 81.4 Å². The van der Waals surface area contributed by atoms with E-state index < -0.39 is 16.7 Å². The lowest BCUT2D eigenvalue weighted by molar-refractivity contribution is -0.385. The molecule has 0 unspecified atom stereocenters. The van der Waals surface area contributed by atoms with E-state index in [1.807, 2.05) is 0 Å². The highest BCUT2D eigenvalue weighted by Crippen LogP contribution is 2.29. The maximum absolute atomic E-state index is 12.3. The van der Waals surface area contributed by atoms with Crippen molar-refractivity contribution in [3.63, 3.8) is 0 Å². The Morgan fingerprint density at radius 3 is 2.32 bits per heavy atom. The molecular formula is C26H26N4O8. The molecule has 3 aromatic rings. The normalized spacial score (nSPS) is 10.5. The van der Waals surface area contributed by atoms with Crippen LogP contribution in [0, 0.1) is 17.0 Å². The van der Waals surface area contributed by atoms with Gasteiger partial charge in [0.15, 0.2) is 0 Å². The van der Waals surface area contributed by atoms with Gasteiger partial charge in [-0.25, -0.2) is 5.43 Å². The molecule has 0 atom stereocenters. The van der Waals surface area contributed by atoms with E-state index in [4.69, 9.17) is 18.9 Å². The van der Waals surface area contributed by atoms with E-state index in [9.17, 15) is 19.7 Å². The molecule has 0 heterocycles. The van der Waals surface area contributed by atoms with Gasteiger partial charge >= 0.3 is 11.8 Å². The zero-order valence-corrected chi connectivity index (χ0v) is 21.1. The first-order chi connectivity index (χ1) is 18.2. The number of rotatable bonds is 10. The Hall–Kier alpha value is -5.13. The second kappa shape index (κ2) is 12.7. The van der Waals surface area contributed by atoms with Crippen molar-refractivity contribution in [1.29, 1.82) is 0 Å². The fourth-order valence-corrected chi connectivity index (χ4v) is 3.37. The van der Waals surface area contributed by atoms with Crippen molar-refractivity contribution in [3.8, 4) is 23.0 Å². The van der Waals surface area contributed by atoms with Crippen molar-refractivity contribution in [2.45, 2.75) is 13.5 Å². The maximum atomic E-state index is 12.3. The van der Waals surface area contributed by atoms with Gasteiger partial charge in [-0.05, 0) is 55.0 Å². The van der Waals surface area contributed by atoms with Crippen LogP contribution in [0.1, 0.15) is 16.7 Å². The lowest BCUT2D eigenvalue weighted by Crippen LogP contribution is -2.32. The molecule has 0 bridgehead atoms. The van der Waals surface area contributed by atoms with E-state index in [-0.39, 0.29) is 12.3 Å². The molecule has 0 saturated heterocycles. The summed E-state index contributed by atoms with van der Waals surface area (Å²) in [6, 6.07) is 14.3. The van der Waals surface area contributed by atoms with Crippen LogP contribution in [0.15, 0.2) is 59.7 Å². The fourth-order valence-electron chi connectivity index (χ4n) is 3.37. The lowest BCUT2D eigenvalue weighted by Gasteiger charge is -2.12. The molecule has 0 aromatic heterocycles. The van der Waals surface area contributed by atoms with Gasteiger partial charge in [-0.3, -0.25) is 19.7 Å². The topological polar surface area (TPSA) is 151 Å². The monoisotopic (exact) mass is 522 g/mol. The number of amides is 2. The number of nitro groups is 1. The van der Waals surface area contributed by atoms with Crippen LogP contribution in [0.5, 0.6) is 23.0 Å². The molecule has 0 radical (unpaired) electrons. The Balaban J connectivity index is 1.63. The number of nitrogens with one attached hydrogen (secondary N) is 2. The van der Waals surface area contributed by atoms with Gasteiger partial charge in [0.1, 0.15) is 29.6 Å². The van der Waals surface area contributed by atoms with Crippen LogP contribution in [0.4, 0.5) is 11.4 Å². The van der Waals surface area contributed by atoms with Crippen LogP contribution in [0.2, 0.25) is 0 Å². The quantitative estimate of drug-likeness (QED) is 0.177. The predicted molar refractivity (Wildman–Crippen MR) is 139 cm³/mol. The third kappa shape index (κ3) is 6.97. The zero-order chi connectivity index (χ0) is 27.7. The largest absolute Gasteiger partial charge is 0.497 e. The van der Waals surface area contributed by atoms with Crippen LogP contribution in [-0.2, 0) is 16.2 Å². The van der Waals surface area contributed by atoms with Crippen molar-refractivity contribution < 1.29 is 33.5 Å². The molecule has 198 valence electrons. The fraction of sp³-hybridized carbons (Fsp3) is 0.192. The summed E-state index contributed by atoms with van der Waals surface area (Å²) in [6.45, 7) is 1.74. The summed E-state index contributed by atoms with van der Waals surface area (Å²) >= 11 is 0. The Morgan fingerprint density at radius 1 is 0.921 bits per heavy atom. The first-order valence-corrected chi connectivity index (χ1v) is 11.2. The first kappa shape index (κ1) is 27.5. The molecule has 0 spiro atoms. The van der Waals surface area contributed by atoms with Gasteiger partial charge < -0.3 is 24.3 Å². The van der Waals surface area contributed by atoms with Gasteiger partial charge in [-0.1, -0.05) is 0 Å². The number of aryl methyl sites for hydroxylation is 1. The molecule has 12 nitrogen and oxygen atoms in total. The number of anilines is 1. The van der Waals surface area contributed by atoms with E-state index >= 15 is 0 Å². The summed E-state index contributed by atoms with van der Waals surface area (Å²) in [7, 11) is 4.44. The number of nitro benzene ring substituents is 1. The Morgan fingerprint density at radius 2 is 1.66 bits per heavy atom. The SMILES string of the molecule is COc1ccc(NC(=O)C(=O)N/N=C/c2ccc(OC)c(COc3ccc([N+](=O)[O-])c(C)c3)c2)c(OC)c1. The zero-order valence-electron chi connectivity index (χ0n) is 21.1. The van der Waals surface area contributed by atoms with Gasteiger partial charge in [0.05, 0.1) is 38.2 Å². The van der Waals surface area contributed by atoms with Gasteiger partial charge in [-0.15, -0.1) is 0 Å². The summed E-state index contributed by atoms with van der Waals surface area (Å²) in [4.78, 5) is 35.0. The lowest BCUT2D eigenvalue weighted by atomic mass is 10.1. The highest BCUT2D eigenvalue weighted by atomic mass is 16.6. The Labute approximate surface area is 218 Å². The number of carbonyl (C=O) groups excluding carboxylic acids is 2. The second-order valence-corrected chi connectivity index (χ2v) is 7.78. The van der Waals surface area contributed by atoms with Gasteiger partial charge in [0, 0.05) is 23.3 Å². The number of hydrogen-bond donors (Lipinski definition) is 2. The minimum atomic E-state index is -0.982. The molecule has 2 N–H and O–H groups in total. The molecule has 0 aliphatic heterocycles. The summed E-state index contributed by atoms with van der Waals surface area (Å²) < 4.78 is 21.5. The van der Waals surface area contributed by atoms with Crippen LogP contribution < -0.4 is 29.7 Å². The highest BCUT2D eigenvalue weighted by Gasteiger charge is 2.16. The number of nitrogens with zero attached hydrogens (tertiary/aromatic N) is 2. The Kier molecular flexibility index (Phi) is 9.19. The van der Waals surface area contributed by atoms with E-state index in [2.05, 4.69) is 15.8 Å². The molecule has 0 saturated carbocycles. The van der Waals surface area contributed by atoms with Crippen LogP contribution in [-0.4, -0.2) is 44.3 Å². The number of hydrazone groups is 1. The molecule has 0 aliphatic carbocycles. The molecule has 3 rings (SSSR count). The summed E-state index contributed by atoms with van der Waals surface area (Å²) in [6.07, 6.45) is 1.36. The standard InChI is InChI=1S/C26H26N4O8/c1-16-11-20(7-9-22(16)30(33)34)38-15-18-12-17(5-10-23(18)36-3)14-27-29-26(32)25(31)28-21-8-6-19(35-2)13-24(21)37-4/h5-14H,15H2,1-4H3,(H,28,31)(H,29,32)/b27-14+. The molecule has 0 fully saturated rings. The third-order valence-electron chi connectivity index (χ3n) is 5.31. The molecule has 12 heteroatoms. The van der Waals surface area contributed by atoms with Crippen molar-refractivity contribution in [1.82, 2.24) is 5.43 Å². The molecular weight excluding hydrogens is 496 g/mol. The summed E-state index contributed by atoms with van der Waals surface area (Å²) in [5.41, 5.74) is 4.22. The number of carbonyl (C=O) groups is 2. The smallest absolute Gasteiger partial charge is 0.329 e. The van der Waals surface area contributed by atoms with E-state index in [1.54, 1.807) is 49.4 Å². The summed E-state index contributed by atoms with van der Waals surface area (Å²) in [5, 5.41) is 17.3. The van der Waals surface area contributed by atoms with Crippen molar-refractivity contribution in [2.75, 3.05) is 26.6 Å². The van der Waals surface area contributed by atoms with E-state index in [1.165, 1.54) is 39.7 Å². The second-order valence-electron chi connectivity index (χ2n) is 7.78. The average Bonchev–Trinajstić information content (AvgIpc) is 2.91. The highest BCUT2D eigenvalue weighted by molar-refractivity contribution is 6.39.